The number of alkyl halides is 2. The highest BCUT2D eigenvalue weighted by Crippen LogP contribution is 2.28. The molecule has 0 unspecified atom stereocenters. The Morgan fingerprint density at radius 1 is 1.50 bits per heavy atom. The van der Waals surface area contributed by atoms with E-state index in [9.17, 15) is 14.5 Å². The summed E-state index contributed by atoms with van der Waals surface area (Å²) < 4.78 is 17.0. The van der Waals surface area contributed by atoms with E-state index in [0.717, 1.165) is 5.56 Å². The average Bonchev–Trinajstić information content (AvgIpc) is 2.29. The van der Waals surface area contributed by atoms with Gasteiger partial charge in [-0.05, 0) is 11.6 Å². The normalized spacial score (nSPS) is 10.1. The number of hydrogen-bond donors (Lipinski definition) is 0. The third kappa shape index (κ3) is 3.34. The molecule has 1 aromatic rings. The second-order valence-corrected chi connectivity index (χ2v) is 3.35. The first-order chi connectivity index (χ1) is 7.69. The smallest absolute Gasteiger partial charge is 0.310 e. The minimum atomic E-state index is -0.539. The summed E-state index contributed by atoms with van der Waals surface area (Å²) >= 11 is 5.61. The molecule has 6 heteroatoms. The first-order valence-corrected chi connectivity index (χ1v) is 5.24. The van der Waals surface area contributed by atoms with Gasteiger partial charge in [0.05, 0.1) is 18.2 Å². The number of nitrogens with zero attached hydrogens (tertiary/aromatic N) is 1. The van der Waals surface area contributed by atoms with E-state index in [2.05, 4.69) is 0 Å². The van der Waals surface area contributed by atoms with Gasteiger partial charge in [0.1, 0.15) is 0 Å². The molecule has 1 aromatic carbocycles. The maximum absolute atomic E-state index is 11.9. The van der Waals surface area contributed by atoms with Gasteiger partial charge in [-0.2, -0.15) is 0 Å². The van der Waals surface area contributed by atoms with Crippen molar-refractivity contribution in [3.8, 4) is 5.75 Å². The van der Waals surface area contributed by atoms with Gasteiger partial charge >= 0.3 is 5.69 Å². The van der Waals surface area contributed by atoms with Crippen molar-refractivity contribution in [3.05, 3.63) is 33.9 Å². The zero-order valence-corrected chi connectivity index (χ0v) is 9.24. The number of rotatable bonds is 6. The van der Waals surface area contributed by atoms with Gasteiger partial charge in [-0.25, -0.2) is 0 Å². The average molecular weight is 248 g/mol. The molecule has 0 N–H and O–H groups in total. The van der Waals surface area contributed by atoms with Crippen LogP contribution in [0.1, 0.15) is 12.0 Å². The van der Waals surface area contributed by atoms with Crippen LogP contribution in [0.2, 0.25) is 0 Å². The fraction of sp³-hybridized carbons (Fsp3) is 0.400. The molecule has 1 rings (SSSR count). The van der Waals surface area contributed by atoms with E-state index >= 15 is 0 Å². The zero-order chi connectivity index (χ0) is 12.0. The Kier molecular flexibility index (Phi) is 4.98. The molecule has 0 heterocycles. The molecule has 0 aromatic heterocycles. The number of halogens is 2. The highest BCUT2D eigenvalue weighted by molar-refractivity contribution is 6.17. The molecule has 0 spiro atoms. The fourth-order valence-corrected chi connectivity index (χ4v) is 1.31. The number of hydrogen-bond acceptors (Lipinski definition) is 3. The van der Waals surface area contributed by atoms with Crippen LogP contribution in [0.4, 0.5) is 10.1 Å². The molecule has 0 fully saturated rings. The van der Waals surface area contributed by atoms with Crippen molar-refractivity contribution in [1.82, 2.24) is 0 Å². The zero-order valence-electron chi connectivity index (χ0n) is 8.49. The lowest BCUT2D eigenvalue weighted by Crippen LogP contribution is -2.01. The van der Waals surface area contributed by atoms with Gasteiger partial charge in [-0.15, -0.1) is 11.6 Å². The van der Waals surface area contributed by atoms with Crippen LogP contribution in [-0.2, 0) is 5.88 Å². The molecular formula is C10H11ClFNO3. The van der Waals surface area contributed by atoms with Crippen molar-refractivity contribution < 1.29 is 14.1 Å². The Bertz CT molecular complexity index is 373. The van der Waals surface area contributed by atoms with Crippen LogP contribution in [0.25, 0.3) is 0 Å². The molecule has 88 valence electrons. The Morgan fingerprint density at radius 2 is 2.25 bits per heavy atom. The Labute approximate surface area is 97.1 Å². The predicted octanol–water partition coefficient (Wildman–Crippen LogP) is 3.07. The third-order valence-electron chi connectivity index (χ3n) is 1.91. The molecule has 0 amide bonds. The quantitative estimate of drug-likeness (QED) is 0.336. The van der Waals surface area contributed by atoms with E-state index in [1.807, 2.05) is 0 Å². The summed E-state index contributed by atoms with van der Waals surface area (Å²) in [5, 5.41) is 10.7. The summed E-state index contributed by atoms with van der Waals surface area (Å²) in [5.41, 5.74) is 0.593. The topological polar surface area (TPSA) is 52.4 Å². The second-order valence-electron chi connectivity index (χ2n) is 3.08. The molecule has 0 saturated carbocycles. The van der Waals surface area contributed by atoms with Crippen molar-refractivity contribution >= 4 is 17.3 Å². The van der Waals surface area contributed by atoms with E-state index < -0.39 is 11.6 Å². The Hall–Kier alpha value is -1.36. The maximum Gasteiger partial charge on any atom is 0.310 e. The standard InChI is InChI=1S/C10H11ClFNO3/c11-7-8-2-3-9(13(14)15)10(6-8)16-5-1-4-12/h2-3,6H,1,4-5,7H2. The van der Waals surface area contributed by atoms with Crippen molar-refractivity contribution in [2.75, 3.05) is 13.3 Å². The summed E-state index contributed by atoms with van der Waals surface area (Å²) in [7, 11) is 0. The van der Waals surface area contributed by atoms with E-state index in [0.29, 0.717) is 0 Å². The van der Waals surface area contributed by atoms with Crippen LogP contribution in [0, 0.1) is 10.1 Å². The summed E-state index contributed by atoms with van der Waals surface area (Å²) in [4.78, 5) is 10.1. The highest BCUT2D eigenvalue weighted by atomic mass is 35.5. The second kappa shape index (κ2) is 6.27. The molecule has 0 radical (unpaired) electrons. The number of nitro groups is 1. The van der Waals surface area contributed by atoms with Gasteiger partial charge < -0.3 is 4.74 Å². The number of nitro benzene ring substituents is 1. The summed E-state index contributed by atoms with van der Waals surface area (Å²) in [6.45, 7) is -0.397. The van der Waals surface area contributed by atoms with E-state index in [-0.39, 0.29) is 30.3 Å². The van der Waals surface area contributed by atoms with Gasteiger partial charge in [0, 0.05) is 18.4 Å². The number of benzene rings is 1. The molecule has 4 nitrogen and oxygen atoms in total. The van der Waals surface area contributed by atoms with Crippen LogP contribution in [0.15, 0.2) is 18.2 Å². The first kappa shape index (κ1) is 12.7. The third-order valence-corrected chi connectivity index (χ3v) is 2.22. The summed E-state index contributed by atoms with van der Waals surface area (Å²) in [6.07, 6.45) is 0.211. The minimum absolute atomic E-state index is 0.114. The maximum atomic E-state index is 11.9. The van der Waals surface area contributed by atoms with Gasteiger partial charge in [-0.1, -0.05) is 6.07 Å². The van der Waals surface area contributed by atoms with Crippen molar-refractivity contribution in [2.24, 2.45) is 0 Å². The highest BCUT2D eigenvalue weighted by Gasteiger charge is 2.15. The van der Waals surface area contributed by atoms with Gasteiger partial charge in [-0.3, -0.25) is 14.5 Å². The monoisotopic (exact) mass is 247 g/mol. The molecule has 0 bridgehead atoms. The molecule has 0 saturated heterocycles. The lowest BCUT2D eigenvalue weighted by atomic mass is 10.2. The lowest BCUT2D eigenvalue weighted by molar-refractivity contribution is -0.385. The predicted molar refractivity (Wildman–Crippen MR) is 58.7 cm³/mol. The molecule has 16 heavy (non-hydrogen) atoms. The van der Waals surface area contributed by atoms with Crippen LogP contribution in [-0.4, -0.2) is 18.2 Å². The van der Waals surface area contributed by atoms with Crippen molar-refractivity contribution in [1.29, 1.82) is 0 Å². The van der Waals surface area contributed by atoms with Gasteiger partial charge in [0.25, 0.3) is 0 Å². The van der Waals surface area contributed by atoms with Crippen LogP contribution in [0.3, 0.4) is 0 Å². The number of ether oxygens (including phenoxy) is 1. The SMILES string of the molecule is O=[N+]([O-])c1ccc(CCl)cc1OCCCF. The molecule has 0 atom stereocenters. The summed E-state index contributed by atoms with van der Waals surface area (Å²) in [6, 6.07) is 4.40. The van der Waals surface area contributed by atoms with Gasteiger partial charge in [0.2, 0.25) is 0 Å². The molecule has 0 aliphatic heterocycles. The van der Waals surface area contributed by atoms with Crippen molar-refractivity contribution in [3.63, 3.8) is 0 Å². The lowest BCUT2D eigenvalue weighted by Gasteiger charge is -2.06. The Balaban J connectivity index is 2.87. The molecule has 0 aliphatic carbocycles. The first-order valence-electron chi connectivity index (χ1n) is 4.71. The largest absolute Gasteiger partial charge is 0.487 e. The van der Waals surface area contributed by atoms with E-state index in [4.69, 9.17) is 16.3 Å². The Morgan fingerprint density at radius 3 is 2.81 bits per heavy atom. The van der Waals surface area contributed by atoms with E-state index in [1.165, 1.54) is 12.1 Å². The van der Waals surface area contributed by atoms with Crippen LogP contribution in [0.5, 0.6) is 5.75 Å². The van der Waals surface area contributed by atoms with Crippen LogP contribution >= 0.6 is 11.6 Å². The fourth-order valence-electron chi connectivity index (χ4n) is 1.14. The van der Waals surface area contributed by atoms with Gasteiger partial charge in [0.15, 0.2) is 5.75 Å². The summed E-state index contributed by atoms with van der Waals surface area (Å²) in [5.74, 6) is 0.383. The van der Waals surface area contributed by atoms with Crippen LogP contribution < -0.4 is 4.74 Å². The van der Waals surface area contributed by atoms with E-state index in [1.54, 1.807) is 6.07 Å². The van der Waals surface area contributed by atoms with Crippen molar-refractivity contribution in [2.45, 2.75) is 12.3 Å². The molecular weight excluding hydrogens is 237 g/mol. The minimum Gasteiger partial charge on any atom is -0.487 e. The molecule has 0 aliphatic rings.